The number of rotatable bonds is 5. The van der Waals surface area contributed by atoms with Gasteiger partial charge in [0.2, 0.25) is 0 Å². The van der Waals surface area contributed by atoms with Crippen LogP contribution >= 0.6 is 0 Å². The fourth-order valence-electron chi connectivity index (χ4n) is 2.39. The van der Waals surface area contributed by atoms with Gasteiger partial charge in [-0.05, 0) is 45.1 Å². The minimum atomic E-state index is -3.68. The van der Waals surface area contributed by atoms with Crippen molar-refractivity contribution in [2.75, 3.05) is 19.6 Å². The summed E-state index contributed by atoms with van der Waals surface area (Å²) in [7, 11) is 0. The van der Waals surface area contributed by atoms with E-state index < -0.39 is 6.29 Å². The molecule has 2 aliphatic heterocycles. The molecule has 1 saturated heterocycles. The van der Waals surface area contributed by atoms with Gasteiger partial charge in [-0.3, -0.25) is 10.1 Å². The van der Waals surface area contributed by atoms with Gasteiger partial charge in [0.25, 0.3) is 5.91 Å². The molecule has 9 heteroatoms. The van der Waals surface area contributed by atoms with Gasteiger partial charge >= 0.3 is 6.29 Å². The second-order valence-corrected chi connectivity index (χ2v) is 5.68. The number of halogens is 2. The van der Waals surface area contributed by atoms with Gasteiger partial charge in [-0.25, -0.2) is 4.99 Å². The molecule has 0 radical (unpaired) electrons. The van der Waals surface area contributed by atoms with Gasteiger partial charge in [-0.2, -0.15) is 0 Å². The summed E-state index contributed by atoms with van der Waals surface area (Å²) in [5, 5.41) is 8.70. The van der Waals surface area contributed by atoms with Crippen molar-refractivity contribution in [1.29, 1.82) is 0 Å². The molecule has 0 aliphatic carbocycles. The summed E-state index contributed by atoms with van der Waals surface area (Å²) in [6.45, 7) is 6.55. The van der Waals surface area contributed by atoms with E-state index in [-0.39, 0.29) is 36.5 Å². The number of allylic oxidation sites excluding steroid dienone is 3. The third-order valence-electron chi connectivity index (χ3n) is 3.72. The van der Waals surface area contributed by atoms with E-state index in [0.29, 0.717) is 5.57 Å². The minimum Gasteiger partial charge on any atom is -0.396 e. The third kappa shape index (κ3) is 5.97. The van der Waals surface area contributed by atoms with E-state index in [4.69, 9.17) is 0 Å². The van der Waals surface area contributed by atoms with E-state index in [1.165, 1.54) is 12.2 Å². The average Bonchev–Trinajstić information content (AvgIpc) is 2.97. The highest BCUT2D eigenvalue weighted by Crippen LogP contribution is 2.36. The van der Waals surface area contributed by atoms with Crippen LogP contribution in [-0.4, -0.2) is 37.8 Å². The highest BCUT2D eigenvalue weighted by Gasteiger charge is 2.45. The molecule has 0 aromatic heterocycles. The molecule has 1 fully saturated rings. The quantitative estimate of drug-likeness (QED) is 0.493. The molecular weight excluding hydrogens is 370 g/mol. The predicted octanol–water partition coefficient (Wildman–Crippen LogP) is 2.44. The third-order valence-corrected chi connectivity index (χ3v) is 3.72. The lowest BCUT2D eigenvalue weighted by molar-refractivity contribution is -0.326. The molecule has 152 valence electrons. The molecular formula is C19H24F2N4O3. The SMILES string of the molecule is C\C=C(/C=C\C(=C/C)C(=O)NC1=NC/C=C2/OC(F)(F)O/C2=C/CN1)NCC. The van der Waals surface area contributed by atoms with Crippen LogP contribution in [0.4, 0.5) is 8.78 Å². The summed E-state index contributed by atoms with van der Waals surface area (Å²) >= 11 is 0. The van der Waals surface area contributed by atoms with Crippen LogP contribution < -0.4 is 16.0 Å². The van der Waals surface area contributed by atoms with Gasteiger partial charge in [0.05, 0.1) is 6.54 Å². The topological polar surface area (TPSA) is 84.0 Å². The van der Waals surface area contributed by atoms with Gasteiger partial charge < -0.3 is 20.1 Å². The predicted molar refractivity (Wildman–Crippen MR) is 102 cm³/mol. The first kappa shape index (κ1) is 21.2. The Bertz CT molecular complexity index is 780. The summed E-state index contributed by atoms with van der Waals surface area (Å²) in [6.07, 6.45) is 6.16. The Hall–Kier alpha value is -3.10. The molecule has 2 aliphatic rings. The van der Waals surface area contributed by atoms with Crippen LogP contribution in [0.1, 0.15) is 20.8 Å². The minimum absolute atomic E-state index is 0.0267. The molecule has 7 nitrogen and oxygen atoms in total. The number of aliphatic imine (C=N–C) groups is 1. The van der Waals surface area contributed by atoms with Crippen molar-refractivity contribution in [2.45, 2.75) is 27.1 Å². The highest BCUT2D eigenvalue weighted by molar-refractivity contribution is 6.06. The number of carbonyl (C=O) groups is 1. The molecule has 0 spiro atoms. The van der Waals surface area contributed by atoms with E-state index in [1.54, 1.807) is 19.1 Å². The van der Waals surface area contributed by atoms with Gasteiger partial charge in [0.15, 0.2) is 17.5 Å². The standard InChI is InChI=1S/C19H24F2N4O3/c1-4-13(7-8-14(5-2)22-6-3)17(26)25-18-23-11-9-15-16(10-12-24-18)28-19(20,21)27-15/h4-5,7-10,22H,6,11-12H2,1-3H3,(H2,23,24,25,26)/b8-7-,13-4+,14-5+,15-9+,16-10+. The molecule has 28 heavy (non-hydrogen) atoms. The number of hydrogen-bond acceptors (Lipinski definition) is 6. The Balaban J connectivity index is 2.03. The summed E-state index contributed by atoms with van der Waals surface area (Å²) in [4.78, 5) is 16.7. The number of carbonyl (C=O) groups excluding carboxylic acids is 1. The number of alkyl halides is 2. The Labute approximate surface area is 162 Å². The van der Waals surface area contributed by atoms with Crippen LogP contribution in [0.25, 0.3) is 0 Å². The maximum absolute atomic E-state index is 13.1. The molecule has 2 heterocycles. The van der Waals surface area contributed by atoms with Gasteiger partial charge in [-0.15, -0.1) is 8.78 Å². The molecule has 0 unspecified atom stereocenters. The lowest BCUT2D eigenvalue weighted by Crippen LogP contribution is -2.41. The first-order valence-electron chi connectivity index (χ1n) is 8.89. The molecule has 1 amide bonds. The van der Waals surface area contributed by atoms with Crippen LogP contribution in [0.5, 0.6) is 0 Å². The second-order valence-electron chi connectivity index (χ2n) is 5.68. The number of ether oxygens (including phenoxy) is 2. The zero-order valence-corrected chi connectivity index (χ0v) is 16.0. The van der Waals surface area contributed by atoms with Crippen molar-refractivity contribution < 1.29 is 23.0 Å². The Morgan fingerprint density at radius 1 is 1.25 bits per heavy atom. The number of guanidine groups is 1. The zero-order valence-electron chi connectivity index (χ0n) is 16.0. The largest absolute Gasteiger partial charge is 0.586 e. The fraction of sp³-hybridized carbons (Fsp3) is 0.368. The molecule has 0 saturated carbocycles. The first-order valence-corrected chi connectivity index (χ1v) is 8.89. The van der Waals surface area contributed by atoms with Crippen molar-refractivity contribution in [3.63, 3.8) is 0 Å². The summed E-state index contributed by atoms with van der Waals surface area (Å²) in [5.41, 5.74) is 1.34. The van der Waals surface area contributed by atoms with Crippen LogP contribution in [0.15, 0.2) is 64.2 Å². The van der Waals surface area contributed by atoms with E-state index >= 15 is 0 Å². The number of fused-ring (bicyclic) bond motifs is 1. The van der Waals surface area contributed by atoms with Crippen LogP contribution in [-0.2, 0) is 14.3 Å². The van der Waals surface area contributed by atoms with Crippen molar-refractivity contribution in [3.05, 3.63) is 59.2 Å². The Morgan fingerprint density at radius 2 is 1.96 bits per heavy atom. The van der Waals surface area contributed by atoms with Crippen LogP contribution in [0, 0.1) is 0 Å². The molecule has 0 aromatic rings. The van der Waals surface area contributed by atoms with Crippen LogP contribution in [0.3, 0.4) is 0 Å². The maximum Gasteiger partial charge on any atom is 0.586 e. The number of nitrogens with zero attached hydrogens (tertiary/aromatic N) is 1. The zero-order chi connectivity index (χ0) is 20.6. The van der Waals surface area contributed by atoms with Gasteiger partial charge in [0.1, 0.15) is 0 Å². The number of amides is 1. The molecule has 2 rings (SSSR count). The van der Waals surface area contributed by atoms with Gasteiger partial charge in [0, 0.05) is 24.4 Å². The summed E-state index contributed by atoms with van der Waals surface area (Å²) in [5.74, 6) is -0.283. The first-order chi connectivity index (χ1) is 13.4. The van der Waals surface area contributed by atoms with Gasteiger partial charge in [-0.1, -0.05) is 12.2 Å². The van der Waals surface area contributed by atoms with Crippen LogP contribution in [0.2, 0.25) is 0 Å². The molecule has 0 atom stereocenters. The molecule has 3 N–H and O–H groups in total. The average molecular weight is 394 g/mol. The van der Waals surface area contributed by atoms with E-state index in [9.17, 15) is 13.6 Å². The van der Waals surface area contributed by atoms with Crippen molar-refractivity contribution in [2.24, 2.45) is 4.99 Å². The summed E-state index contributed by atoms with van der Waals surface area (Å²) in [6, 6.07) is 0. The van der Waals surface area contributed by atoms with Crippen molar-refractivity contribution in [3.8, 4) is 0 Å². The second kappa shape index (κ2) is 9.72. The monoisotopic (exact) mass is 394 g/mol. The Morgan fingerprint density at radius 3 is 2.61 bits per heavy atom. The van der Waals surface area contributed by atoms with E-state index in [1.807, 2.05) is 26.0 Å². The Kier molecular flexibility index (Phi) is 7.36. The fourth-order valence-corrected chi connectivity index (χ4v) is 2.39. The van der Waals surface area contributed by atoms with Crippen molar-refractivity contribution in [1.82, 2.24) is 16.0 Å². The highest BCUT2D eigenvalue weighted by atomic mass is 19.3. The van der Waals surface area contributed by atoms with Crippen molar-refractivity contribution >= 4 is 11.9 Å². The molecule has 0 aromatic carbocycles. The lowest BCUT2D eigenvalue weighted by Gasteiger charge is -2.10. The maximum atomic E-state index is 13.1. The number of hydrogen-bond donors (Lipinski definition) is 3. The lowest BCUT2D eigenvalue weighted by atomic mass is 10.2. The van der Waals surface area contributed by atoms with E-state index in [0.717, 1.165) is 12.2 Å². The smallest absolute Gasteiger partial charge is 0.396 e. The normalized spacial score (nSPS) is 23.2. The number of nitrogens with one attached hydrogen (secondary N) is 3. The summed E-state index contributed by atoms with van der Waals surface area (Å²) < 4.78 is 35.1. The molecule has 0 bridgehead atoms. The number of likely N-dealkylation sites (N-methyl/N-ethyl adjacent to an activating group) is 1. The van der Waals surface area contributed by atoms with E-state index in [2.05, 4.69) is 30.4 Å².